The van der Waals surface area contributed by atoms with Crippen molar-refractivity contribution < 1.29 is 4.74 Å². The SMILES string of the molecule is COCCCn1cc(CN)c(C)n1. The van der Waals surface area contributed by atoms with Crippen LogP contribution in [0.3, 0.4) is 0 Å². The third-order valence-corrected chi connectivity index (χ3v) is 2.00. The maximum Gasteiger partial charge on any atom is 0.0638 e. The Kier molecular flexibility index (Phi) is 3.92. The second kappa shape index (κ2) is 4.99. The van der Waals surface area contributed by atoms with Crippen LogP contribution in [0.25, 0.3) is 0 Å². The fourth-order valence-corrected chi connectivity index (χ4v) is 1.24. The van der Waals surface area contributed by atoms with Crippen molar-refractivity contribution in [2.45, 2.75) is 26.4 Å². The molecule has 1 aromatic rings. The summed E-state index contributed by atoms with van der Waals surface area (Å²) in [6.45, 7) is 4.22. The van der Waals surface area contributed by atoms with Gasteiger partial charge in [-0.15, -0.1) is 0 Å². The van der Waals surface area contributed by atoms with Crippen molar-refractivity contribution in [1.82, 2.24) is 9.78 Å². The van der Waals surface area contributed by atoms with Crippen molar-refractivity contribution in [3.63, 3.8) is 0 Å². The fourth-order valence-electron chi connectivity index (χ4n) is 1.24. The van der Waals surface area contributed by atoms with Gasteiger partial charge in [-0.05, 0) is 13.3 Å². The summed E-state index contributed by atoms with van der Waals surface area (Å²) in [5, 5.41) is 4.33. The number of hydrogen-bond donors (Lipinski definition) is 1. The number of hydrogen-bond acceptors (Lipinski definition) is 3. The van der Waals surface area contributed by atoms with E-state index in [9.17, 15) is 0 Å². The number of nitrogens with two attached hydrogens (primary N) is 1. The maximum atomic E-state index is 5.54. The summed E-state index contributed by atoms with van der Waals surface area (Å²) in [5.74, 6) is 0. The number of methoxy groups -OCH3 is 1. The van der Waals surface area contributed by atoms with E-state index in [1.807, 2.05) is 17.8 Å². The lowest BCUT2D eigenvalue weighted by molar-refractivity contribution is 0.189. The van der Waals surface area contributed by atoms with E-state index in [1.54, 1.807) is 7.11 Å². The number of ether oxygens (including phenoxy) is 1. The summed E-state index contributed by atoms with van der Waals surface area (Å²) in [4.78, 5) is 0. The second-order valence-corrected chi connectivity index (χ2v) is 3.05. The molecule has 0 amide bonds. The number of rotatable bonds is 5. The normalized spacial score (nSPS) is 10.7. The van der Waals surface area contributed by atoms with Gasteiger partial charge in [0.05, 0.1) is 5.69 Å². The quantitative estimate of drug-likeness (QED) is 0.683. The smallest absolute Gasteiger partial charge is 0.0638 e. The minimum atomic E-state index is 0.566. The van der Waals surface area contributed by atoms with E-state index < -0.39 is 0 Å². The highest BCUT2D eigenvalue weighted by Gasteiger charge is 2.01. The van der Waals surface area contributed by atoms with Crippen LogP contribution in [0.4, 0.5) is 0 Å². The summed E-state index contributed by atoms with van der Waals surface area (Å²) < 4.78 is 6.89. The molecule has 4 heteroatoms. The predicted octanol–water partition coefficient (Wildman–Crippen LogP) is 0.687. The summed E-state index contributed by atoms with van der Waals surface area (Å²) in [6.07, 6.45) is 2.99. The van der Waals surface area contributed by atoms with Crippen LogP contribution in [-0.2, 0) is 17.8 Å². The molecule has 74 valence electrons. The Bertz CT molecular complexity index is 257. The third kappa shape index (κ3) is 2.82. The van der Waals surface area contributed by atoms with E-state index in [1.165, 1.54) is 0 Å². The molecule has 13 heavy (non-hydrogen) atoms. The summed E-state index contributed by atoms with van der Waals surface area (Å²) in [5.41, 5.74) is 7.69. The Labute approximate surface area is 78.7 Å². The zero-order valence-electron chi connectivity index (χ0n) is 8.29. The van der Waals surface area contributed by atoms with Crippen molar-refractivity contribution >= 4 is 0 Å². The molecule has 0 spiro atoms. The van der Waals surface area contributed by atoms with Gasteiger partial charge in [-0.2, -0.15) is 5.10 Å². The van der Waals surface area contributed by atoms with Crippen LogP contribution >= 0.6 is 0 Å². The zero-order valence-corrected chi connectivity index (χ0v) is 8.29. The second-order valence-electron chi connectivity index (χ2n) is 3.05. The van der Waals surface area contributed by atoms with E-state index in [0.29, 0.717) is 6.54 Å². The van der Waals surface area contributed by atoms with Crippen molar-refractivity contribution in [3.05, 3.63) is 17.5 Å². The largest absolute Gasteiger partial charge is 0.385 e. The Morgan fingerprint density at radius 1 is 1.62 bits per heavy atom. The Morgan fingerprint density at radius 2 is 2.38 bits per heavy atom. The van der Waals surface area contributed by atoms with Gasteiger partial charge < -0.3 is 10.5 Å². The van der Waals surface area contributed by atoms with Crippen molar-refractivity contribution in [2.75, 3.05) is 13.7 Å². The molecule has 0 aliphatic carbocycles. The van der Waals surface area contributed by atoms with Crippen LogP contribution in [0, 0.1) is 6.92 Å². The van der Waals surface area contributed by atoms with E-state index in [-0.39, 0.29) is 0 Å². The van der Waals surface area contributed by atoms with Crippen LogP contribution in [0.15, 0.2) is 6.20 Å². The topological polar surface area (TPSA) is 53.1 Å². The highest BCUT2D eigenvalue weighted by atomic mass is 16.5. The molecule has 1 aromatic heterocycles. The highest BCUT2D eigenvalue weighted by Crippen LogP contribution is 2.04. The average Bonchev–Trinajstić information content (AvgIpc) is 2.47. The molecular weight excluding hydrogens is 166 g/mol. The number of nitrogens with zero attached hydrogens (tertiary/aromatic N) is 2. The number of aromatic nitrogens is 2. The van der Waals surface area contributed by atoms with Crippen molar-refractivity contribution in [3.8, 4) is 0 Å². The molecule has 0 bridgehead atoms. The van der Waals surface area contributed by atoms with Gasteiger partial charge in [0.1, 0.15) is 0 Å². The summed E-state index contributed by atoms with van der Waals surface area (Å²) in [7, 11) is 1.71. The highest BCUT2D eigenvalue weighted by molar-refractivity contribution is 5.14. The molecule has 2 N–H and O–H groups in total. The fraction of sp³-hybridized carbons (Fsp3) is 0.667. The Balaban J connectivity index is 2.48. The van der Waals surface area contributed by atoms with Gasteiger partial charge in [-0.25, -0.2) is 0 Å². The van der Waals surface area contributed by atoms with Gasteiger partial charge in [-0.3, -0.25) is 4.68 Å². The molecule has 0 fully saturated rings. The monoisotopic (exact) mass is 183 g/mol. The van der Waals surface area contributed by atoms with Crippen LogP contribution < -0.4 is 5.73 Å². The molecule has 1 rings (SSSR count). The molecule has 0 atom stereocenters. The van der Waals surface area contributed by atoms with E-state index in [0.717, 1.165) is 30.8 Å². The lowest BCUT2D eigenvalue weighted by atomic mass is 10.3. The molecule has 0 aromatic carbocycles. The predicted molar refractivity (Wildman–Crippen MR) is 51.3 cm³/mol. The van der Waals surface area contributed by atoms with E-state index >= 15 is 0 Å². The van der Waals surface area contributed by atoms with Gasteiger partial charge in [0.2, 0.25) is 0 Å². The first kappa shape index (κ1) is 10.2. The summed E-state index contributed by atoms with van der Waals surface area (Å²) >= 11 is 0. The lowest BCUT2D eigenvalue weighted by Gasteiger charge is -1.99. The van der Waals surface area contributed by atoms with Crippen LogP contribution in [-0.4, -0.2) is 23.5 Å². The number of aryl methyl sites for hydroxylation is 2. The molecule has 4 nitrogen and oxygen atoms in total. The standard InChI is InChI=1S/C9H17N3O/c1-8-9(6-10)7-12(11-8)4-3-5-13-2/h7H,3-6,10H2,1-2H3. The molecule has 0 saturated heterocycles. The minimum absolute atomic E-state index is 0.566. The van der Waals surface area contributed by atoms with Gasteiger partial charge in [0, 0.05) is 38.6 Å². The van der Waals surface area contributed by atoms with Crippen molar-refractivity contribution in [2.24, 2.45) is 5.73 Å². The van der Waals surface area contributed by atoms with E-state index in [4.69, 9.17) is 10.5 Å². The van der Waals surface area contributed by atoms with Crippen LogP contribution in [0.2, 0.25) is 0 Å². The zero-order chi connectivity index (χ0) is 9.68. The van der Waals surface area contributed by atoms with Gasteiger partial charge in [0.15, 0.2) is 0 Å². The first-order valence-electron chi connectivity index (χ1n) is 4.50. The lowest BCUT2D eigenvalue weighted by Crippen LogP contribution is -2.02. The molecule has 0 aliphatic heterocycles. The van der Waals surface area contributed by atoms with Crippen LogP contribution in [0.5, 0.6) is 0 Å². The van der Waals surface area contributed by atoms with Gasteiger partial charge in [-0.1, -0.05) is 0 Å². The summed E-state index contributed by atoms with van der Waals surface area (Å²) in [6, 6.07) is 0. The molecule has 0 radical (unpaired) electrons. The molecule has 0 unspecified atom stereocenters. The maximum absolute atomic E-state index is 5.54. The van der Waals surface area contributed by atoms with E-state index in [2.05, 4.69) is 5.10 Å². The third-order valence-electron chi connectivity index (χ3n) is 2.00. The molecule has 0 saturated carbocycles. The van der Waals surface area contributed by atoms with Crippen molar-refractivity contribution in [1.29, 1.82) is 0 Å². The Hall–Kier alpha value is -0.870. The minimum Gasteiger partial charge on any atom is -0.385 e. The first-order valence-corrected chi connectivity index (χ1v) is 4.50. The first-order chi connectivity index (χ1) is 6.27. The molecule has 0 aliphatic rings. The Morgan fingerprint density at radius 3 is 2.92 bits per heavy atom. The molecule has 1 heterocycles. The van der Waals surface area contributed by atoms with Crippen LogP contribution in [0.1, 0.15) is 17.7 Å². The molecular formula is C9H17N3O. The average molecular weight is 183 g/mol. The van der Waals surface area contributed by atoms with Gasteiger partial charge in [0.25, 0.3) is 0 Å². The van der Waals surface area contributed by atoms with Gasteiger partial charge >= 0.3 is 0 Å².